The summed E-state index contributed by atoms with van der Waals surface area (Å²) in [4.78, 5) is 2.89. The summed E-state index contributed by atoms with van der Waals surface area (Å²) in [5.41, 5.74) is 0.843. The number of hydrogen-bond donors (Lipinski definition) is 2. The molecule has 1 fully saturated rings. The van der Waals surface area contributed by atoms with Crippen molar-refractivity contribution < 1.29 is 14.6 Å². The van der Waals surface area contributed by atoms with Crippen molar-refractivity contribution in [2.24, 2.45) is 0 Å². The second kappa shape index (κ2) is 3.91. The molecule has 0 bridgehead atoms. The van der Waals surface area contributed by atoms with Crippen LogP contribution in [-0.4, -0.2) is 36.0 Å². The van der Waals surface area contributed by atoms with Crippen molar-refractivity contribution >= 4 is 0 Å². The van der Waals surface area contributed by atoms with Gasteiger partial charge in [-0.05, 0) is 6.07 Å². The molecule has 4 heteroatoms. The van der Waals surface area contributed by atoms with Crippen LogP contribution in [0.4, 0.5) is 0 Å². The lowest BCUT2D eigenvalue weighted by atomic mass is 10.1. The van der Waals surface area contributed by atoms with Crippen LogP contribution in [0.15, 0.2) is 18.5 Å². The highest BCUT2D eigenvalue weighted by Crippen LogP contribution is 2.20. The van der Waals surface area contributed by atoms with Gasteiger partial charge < -0.3 is 19.6 Å². The minimum absolute atomic E-state index is 0.232. The van der Waals surface area contributed by atoms with Crippen molar-refractivity contribution in [2.75, 3.05) is 19.8 Å². The molecule has 4 nitrogen and oxygen atoms in total. The van der Waals surface area contributed by atoms with Crippen LogP contribution in [0, 0.1) is 0 Å². The molecule has 13 heavy (non-hydrogen) atoms. The first-order valence-electron chi connectivity index (χ1n) is 4.38. The third-order valence-corrected chi connectivity index (χ3v) is 2.16. The molecule has 2 heterocycles. The van der Waals surface area contributed by atoms with E-state index in [1.54, 1.807) is 12.4 Å². The summed E-state index contributed by atoms with van der Waals surface area (Å²) in [6, 6.07) is 1.84. The second-order valence-corrected chi connectivity index (χ2v) is 3.07. The van der Waals surface area contributed by atoms with E-state index >= 15 is 0 Å². The average Bonchev–Trinajstić information content (AvgIpc) is 2.71. The molecule has 0 saturated carbocycles. The maximum Gasteiger partial charge on any atom is 0.111 e. The van der Waals surface area contributed by atoms with Crippen molar-refractivity contribution in [3.8, 4) is 0 Å². The molecule has 72 valence electrons. The van der Waals surface area contributed by atoms with Gasteiger partial charge in [-0.2, -0.15) is 0 Å². The number of nitrogens with one attached hydrogen (secondary N) is 1. The molecule has 0 aliphatic carbocycles. The summed E-state index contributed by atoms with van der Waals surface area (Å²) >= 11 is 0. The first kappa shape index (κ1) is 8.74. The standard InChI is InChI=1S/C9H13NO3/c11-9(7-1-2-10-5-7)8-6-12-3-4-13-8/h1-2,5,8-11H,3-4,6H2. The van der Waals surface area contributed by atoms with E-state index in [0.717, 1.165) is 5.56 Å². The first-order valence-corrected chi connectivity index (χ1v) is 4.38. The van der Waals surface area contributed by atoms with E-state index in [1.165, 1.54) is 0 Å². The van der Waals surface area contributed by atoms with Crippen molar-refractivity contribution in [1.29, 1.82) is 0 Å². The minimum Gasteiger partial charge on any atom is -0.386 e. The van der Waals surface area contributed by atoms with E-state index in [-0.39, 0.29) is 6.10 Å². The predicted octanol–water partition coefficient (Wildman–Crippen LogP) is 0.463. The lowest BCUT2D eigenvalue weighted by Crippen LogP contribution is -2.33. The number of aromatic nitrogens is 1. The van der Waals surface area contributed by atoms with E-state index in [1.807, 2.05) is 6.07 Å². The molecule has 2 unspecified atom stereocenters. The van der Waals surface area contributed by atoms with Crippen molar-refractivity contribution in [1.82, 2.24) is 4.98 Å². The highest BCUT2D eigenvalue weighted by molar-refractivity contribution is 5.13. The molecule has 0 spiro atoms. The van der Waals surface area contributed by atoms with Crippen LogP contribution in [-0.2, 0) is 9.47 Å². The van der Waals surface area contributed by atoms with Gasteiger partial charge in [-0.3, -0.25) is 0 Å². The van der Waals surface area contributed by atoms with Crippen molar-refractivity contribution in [2.45, 2.75) is 12.2 Å². The normalized spacial score (nSPS) is 25.8. The van der Waals surface area contributed by atoms with Crippen LogP contribution < -0.4 is 0 Å². The van der Waals surface area contributed by atoms with Crippen LogP contribution in [0.2, 0.25) is 0 Å². The van der Waals surface area contributed by atoms with Gasteiger partial charge in [-0.15, -0.1) is 0 Å². The number of rotatable bonds is 2. The van der Waals surface area contributed by atoms with Gasteiger partial charge in [0.1, 0.15) is 12.2 Å². The summed E-state index contributed by atoms with van der Waals surface area (Å²) < 4.78 is 10.6. The number of H-pyrrole nitrogens is 1. The van der Waals surface area contributed by atoms with Crippen LogP contribution in [0.1, 0.15) is 11.7 Å². The molecule has 1 aliphatic rings. The quantitative estimate of drug-likeness (QED) is 0.700. The average molecular weight is 183 g/mol. The molecule has 1 aromatic rings. The maximum absolute atomic E-state index is 9.81. The van der Waals surface area contributed by atoms with Gasteiger partial charge in [0.2, 0.25) is 0 Å². The number of ether oxygens (including phenoxy) is 2. The van der Waals surface area contributed by atoms with Gasteiger partial charge in [-0.1, -0.05) is 0 Å². The minimum atomic E-state index is -0.591. The highest BCUT2D eigenvalue weighted by Gasteiger charge is 2.24. The number of aliphatic hydroxyl groups excluding tert-OH is 1. The van der Waals surface area contributed by atoms with E-state index in [0.29, 0.717) is 19.8 Å². The molecule has 1 aliphatic heterocycles. The lowest BCUT2D eigenvalue weighted by molar-refractivity contribution is -0.133. The summed E-state index contributed by atoms with van der Waals surface area (Å²) in [6.07, 6.45) is 2.72. The molecule has 2 N–H and O–H groups in total. The van der Waals surface area contributed by atoms with Crippen molar-refractivity contribution in [3.63, 3.8) is 0 Å². The SMILES string of the molecule is OC(c1cc[nH]c1)C1COCCO1. The first-order chi connectivity index (χ1) is 6.38. The Hall–Kier alpha value is -0.840. The van der Waals surface area contributed by atoms with Gasteiger partial charge >= 0.3 is 0 Å². The lowest BCUT2D eigenvalue weighted by Gasteiger charge is -2.26. The Morgan fingerprint density at radius 2 is 2.46 bits per heavy atom. The summed E-state index contributed by atoms with van der Waals surface area (Å²) in [7, 11) is 0. The fourth-order valence-corrected chi connectivity index (χ4v) is 1.42. The van der Waals surface area contributed by atoms with Gasteiger partial charge in [0.25, 0.3) is 0 Å². The number of hydrogen-bond acceptors (Lipinski definition) is 3. The smallest absolute Gasteiger partial charge is 0.111 e. The fourth-order valence-electron chi connectivity index (χ4n) is 1.42. The number of aliphatic hydroxyl groups is 1. The van der Waals surface area contributed by atoms with Gasteiger partial charge in [-0.25, -0.2) is 0 Å². The number of aromatic amines is 1. The third kappa shape index (κ3) is 1.91. The molecule has 1 aromatic heterocycles. The van der Waals surface area contributed by atoms with Crippen LogP contribution in [0.25, 0.3) is 0 Å². The molecule has 2 rings (SSSR count). The molecular formula is C9H13NO3. The third-order valence-electron chi connectivity index (χ3n) is 2.16. The largest absolute Gasteiger partial charge is 0.386 e. The van der Waals surface area contributed by atoms with Crippen molar-refractivity contribution in [3.05, 3.63) is 24.0 Å². The summed E-state index contributed by atoms with van der Waals surface area (Å²) in [5.74, 6) is 0. The molecule has 1 saturated heterocycles. The zero-order chi connectivity index (χ0) is 9.10. The fraction of sp³-hybridized carbons (Fsp3) is 0.556. The Labute approximate surface area is 76.5 Å². The van der Waals surface area contributed by atoms with Gasteiger partial charge in [0, 0.05) is 18.0 Å². The topological polar surface area (TPSA) is 54.5 Å². The van der Waals surface area contributed by atoms with Crippen LogP contribution in [0.5, 0.6) is 0 Å². The molecular weight excluding hydrogens is 170 g/mol. The van der Waals surface area contributed by atoms with Crippen LogP contribution in [0.3, 0.4) is 0 Å². The predicted molar refractivity (Wildman–Crippen MR) is 46.3 cm³/mol. The van der Waals surface area contributed by atoms with Gasteiger partial charge in [0.15, 0.2) is 0 Å². The van der Waals surface area contributed by atoms with Crippen LogP contribution >= 0.6 is 0 Å². The Morgan fingerprint density at radius 3 is 3.08 bits per heavy atom. The molecule has 0 radical (unpaired) electrons. The van der Waals surface area contributed by atoms with E-state index < -0.39 is 6.10 Å². The zero-order valence-electron chi connectivity index (χ0n) is 7.27. The Kier molecular flexibility index (Phi) is 2.63. The summed E-state index contributed by atoms with van der Waals surface area (Å²) in [6.45, 7) is 1.65. The van der Waals surface area contributed by atoms with E-state index in [9.17, 15) is 5.11 Å². The summed E-state index contributed by atoms with van der Waals surface area (Å²) in [5, 5.41) is 9.81. The zero-order valence-corrected chi connectivity index (χ0v) is 7.27. The highest BCUT2D eigenvalue weighted by atomic mass is 16.6. The molecule has 2 atom stereocenters. The Bertz CT molecular complexity index is 241. The van der Waals surface area contributed by atoms with E-state index in [4.69, 9.17) is 9.47 Å². The molecule has 0 aromatic carbocycles. The molecule has 0 amide bonds. The monoisotopic (exact) mass is 183 g/mol. The Balaban J connectivity index is 1.99. The maximum atomic E-state index is 9.81. The Morgan fingerprint density at radius 1 is 1.54 bits per heavy atom. The van der Waals surface area contributed by atoms with E-state index in [2.05, 4.69) is 4.98 Å². The second-order valence-electron chi connectivity index (χ2n) is 3.07. The van der Waals surface area contributed by atoms with Gasteiger partial charge in [0.05, 0.1) is 19.8 Å².